The molecule has 0 atom stereocenters. The molecule has 4 nitrogen and oxygen atoms in total. The summed E-state index contributed by atoms with van der Waals surface area (Å²) in [6, 6.07) is 64.1. The molecular weight excluding hydrogens is 703 g/mol. The lowest BCUT2D eigenvalue weighted by molar-refractivity contribution is 0.671. The molecule has 10 aromatic rings. The summed E-state index contributed by atoms with van der Waals surface area (Å²) in [4.78, 5) is 0. The van der Waals surface area contributed by atoms with Crippen LogP contribution in [0.15, 0.2) is 192 Å². The second-order valence-corrected chi connectivity index (χ2v) is 14.6. The minimum atomic E-state index is 0.121. The zero-order valence-corrected chi connectivity index (χ0v) is 31.7. The first-order valence-electron chi connectivity index (χ1n) is 18.5. The molecule has 5 heteroatoms. The van der Waals surface area contributed by atoms with Crippen LogP contribution in [0.25, 0.3) is 75.5 Å². The standard InChI is InChI=1S/C37H23NOS.C7H8N2.C7H8/c38-22-25-18-19-28(30-16-9-15-29-27-14-7-8-17-33(27)40-37(29)30)36-34(25)32-21-26(23-10-3-1-4-11-23)20-31(35(32)39-36)24-12-5-2-6-13-24;8-7(9)6-4-2-1-3-5-6;1-7-5-3-2-4-6-7/h1-22,38H;1-5H,(H3,8,9);2-6H,1H3. The number of fused-ring (bicyclic) bond motifs is 6. The van der Waals surface area contributed by atoms with Gasteiger partial charge < -0.3 is 15.6 Å². The van der Waals surface area contributed by atoms with E-state index in [-0.39, 0.29) is 5.84 Å². The predicted molar refractivity (Wildman–Crippen MR) is 239 cm³/mol. The maximum Gasteiger partial charge on any atom is 0.143 e. The molecule has 56 heavy (non-hydrogen) atoms. The number of furan rings is 1. The third-order valence-corrected chi connectivity index (χ3v) is 11.0. The van der Waals surface area contributed by atoms with Gasteiger partial charge in [-0.25, -0.2) is 0 Å². The van der Waals surface area contributed by atoms with Gasteiger partial charge in [-0.3, -0.25) is 5.41 Å². The number of aryl methyl sites for hydroxylation is 1. The molecule has 0 bridgehead atoms. The number of thiophene rings is 1. The van der Waals surface area contributed by atoms with Gasteiger partial charge in [0, 0.05) is 65.0 Å². The summed E-state index contributed by atoms with van der Waals surface area (Å²) in [6.45, 7) is 2.08. The first-order valence-corrected chi connectivity index (χ1v) is 19.3. The summed E-state index contributed by atoms with van der Waals surface area (Å²) in [5.74, 6) is 0.121. The van der Waals surface area contributed by atoms with E-state index in [2.05, 4.69) is 134 Å². The number of benzene rings is 8. The fourth-order valence-electron chi connectivity index (χ4n) is 7.08. The van der Waals surface area contributed by atoms with Gasteiger partial charge in [0.2, 0.25) is 0 Å². The second-order valence-electron chi connectivity index (χ2n) is 13.5. The van der Waals surface area contributed by atoms with Gasteiger partial charge in [0.1, 0.15) is 17.0 Å². The molecule has 2 heterocycles. The van der Waals surface area contributed by atoms with Crippen molar-refractivity contribution >= 4 is 65.5 Å². The van der Waals surface area contributed by atoms with E-state index in [1.54, 1.807) is 0 Å². The quantitative estimate of drug-likeness (QED) is 0.121. The molecule has 0 saturated carbocycles. The number of hydrogen-bond donors (Lipinski definition) is 3. The van der Waals surface area contributed by atoms with Gasteiger partial charge in [-0.05, 0) is 47.9 Å². The Kier molecular flexibility index (Phi) is 10.3. The summed E-state index contributed by atoms with van der Waals surface area (Å²) in [5, 5.41) is 19.8. The molecular formula is C51H39N3OS. The summed E-state index contributed by atoms with van der Waals surface area (Å²) >= 11 is 1.82. The summed E-state index contributed by atoms with van der Waals surface area (Å²) in [6.07, 6.45) is 1.44. The first kappa shape index (κ1) is 35.9. The van der Waals surface area contributed by atoms with E-state index in [0.29, 0.717) is 0 Å². The van der Waals surface area contributed by atoms with Gasteiger partial charge in [0.25, 0.3) is 0 Å². The number of hydrogen-bond acceptors (Lipinski definition) is 4. The topological polar surface area (TPSA) is 86.9 Å². The van der Waals surface area contributed by atoms with E-state index in [1.165, 1.54) is 32.0 Å². The van der Waals surface area contributed by atoms with Crippen LogP contribution in [0, 0.1) is 17.7 Å². The lowest BCUT2D eigenvalue weighted by atomic mass is 9.93. The van der Waals surface area contributed by atoms with E-state index >= 15 is 0 Å². The Bertz CT molecular complexity index is 2950. The van der Waals surface area contributed by atoms with Gasteiger partial charge in [-0.1, -0.05) is 169 Å². The van der Waals surface area contributed by atoms with Crippen LogP contribution >= 0.6 is 11.3 Å². The molecule has 0 spiro atoms. The third-order valence-electron chi connectivity index (χ3n) is 9.82. The summed E-state index contributed by atoms with van der Waals surface area (Å²) < 4.78 is 9.41. The number of nitrogen functional groups attached to an aromatic ring is 1. The molecule has 0 aliphatic carbocycles. The smallest absolute Gasteiger partial charge is 0.143 e. The summed E-state index contributed by atoms with van der Waals surface area (Å²) in [5.41, 5.74) is 16.5. The number of nitrogens with two attached hydrogens (primary N) is 1. The van der Waals surface area contributed by atoms with Crippen LogP contribution in [0.4, 0.5) is 0 Å². The van der Waals surface area contributed by atoms with E-state index in [4.69, 9.17) is 21.0 Å². The Labute approximate surface area is 330 Å². The average Bonchev–Trinajstić information content (AvgIpc) is 3.84. The number of amidine groups is 1. The van der Waals surface area contributed by atoms with Gasteiger partial charge >= 0.3 is 0 Å². The molecule has 4 N–H and O–H groups in total. The Balaban J connectivity index is 0.000000229. The van der Waals surface area contributed by atoms with Crippen LogP contribution in [0.3, 0.4) is 0 Å². The van der Waals surface area contributed by atoms with Crippen molar-refractivity contribution in [3.05, 3.63) is 205 Å². The highest BCUT2D eigenvalue weighted by Crippen LogP contribution is 2.46. The van der Waals surface area contributed by atoms with Crippen molar-refractivity contribution in [3.63, 3.8) is 0 Å². The Hall–Kier alpha value is -7.08. The van der Waals surface area contributed by atoms with E-state index in [1.807, 2.05) is 72.0 Å². The van der Waals surface area contributed by atoms with Crippen LogP contribution in [0.2, 0.25) is 0 Å². The molecule has 270 valence electrons. The van der Waals surface area contributed by atoms with Crippen LogP contribution < -0.4 is 5.73 Å². The minimum absolute atomic E-state index is 0.121. The SMILES string of the molecule is Cc1ccccc1.N=C(N)c1ccccc1.N=Cc1ccc(-c2cccc3c2sc2ccccc23)c2oc3c(-c4ccccc4)cc(-c4ccccc4)cc3c12. The molecule has 10 rings (SSSR count). The highest BCUT2D eigenvalue weighted by Gasteiger charge is 2.21. The lowest BCUT2D eigenvalue weighted by Crippen LogP contribution is -2.10. The molecule has 2 aromatic heterocycles. The largest absolute Gasteiger partial charge is 0.455 e. The van der Waals surface area contributed by atoms with Crippen LogP contribution in [-0.2, 0) is 0 Å². The zero-order chi connectivity index (χ0) is 38.4. The molecule has 8 aromatic carbocycles. The average molecular weight is 742 g/mol. The van der Waals surface area contributed by atoms with E-state index in [9.17, 15) is 0 Å². The van der Waals surface area contributed by atoms with Crippen molar-refractivity contribution in [1.82, 2.24) is 0 Å². The lowest BCUT2D eigenvalue weighted by Gasteiger charge is -2.08. The monoisotopic (exact) mass is 741 g/mol. The molecule has 0 radical (unpaired) electrons. The highest BCUT2D eigenvalue weighted by atomic mass is 32.1. The molecule has 0 saturated heterocycles. The normalized spacial score (nSPS) is 10.8. The van der Waals surface area contributed by atoms with Crippen molar-refractivity contribution in [1.29, 1.82) is 10.8 Å². The minimum Gasteiger partial charge on any atom is -0.455 e. The van der Waals surface area contributed by atoms with E-state index < -0.39 is 0 Å². The molecule has 0 aliphatic heterocycles. The Morgan fingerprint density at radius 1 is 0.536 bits per heavy atom. The highest BCUT2D eigenvalue weighted by molar-refractivity contribution is 7.26. The van der Waals surface area contributed by atoms with Gasteiger partial charge in [-0.15, -0.1) is 11.3 Å². The number of rotatable bonds is 5. The van der Waals surface area contributed by atoms with Crippen molar-refractivity contribution in [2.24, 2.45) is 5.73 Å². The van der Waals surface area contributed by atoms with Crippen molar-refractivity contribution in [2.45, 2.75) is 6.92 Å². The van der Waals surface area contributed by atoms with Crippen LogP contribution in [-0.4, -0.2) is 12.1 Å². The molecule has 0 aliphatic rings. The van der Waals surface area contributed by atoms with Crippen molar-refractivity contribution in [3.8, 4) is 33.4 Å². The Morgan fingerprint density at radius 2 is 1.14 bits per heavy atom. The summed E-state index contributed by atoms with van der Waals surface area (Å²) in [7, 11) is 0. The van der Waals surface area contributed by atoms with Crippen molar-refractivity contribution < 1.29 is 4.42 Å². The first-order chi connectivity index (χ1) is 27.5. The Morgan fingerprint density at radius 3 is 1.77 bits per heavy atom. The zero-order valence-electron chi connectivity index (χ0n) is 30.9. The predicted octanol–water partition coefficient (Wildman–Crippen LogP) is 13.9. The van der Waals surface area contributed by atoms with Gasteiger partial charge in [0.15, 0.2) is 0 Å². The van der Waals surface area contributed by atoms with Crippen LogP contribution in [0.1, 0.15) is 16.7 Å². The fraction of sp³-hybridized carbons (Fsp3) is 0.0196. The molecule has 0 amide bonds. The van der Waals surface area contributed by atoms with Gasteiger partial charge in [0.05, 0.1) is 0 Å². The molecule has 0 unspecified atom stereocenters. The third kappa shape index (κ3) is 7.24. The maximum atomic E-state index is 8.29. The fourth-order valence-corrected chi connectivity index (χ4v) is 8.31. The van der Waals surface area contributed by atoms with Crippen molar-refractivity contribution in [2.75, 3.05) is 0 Å². The van der Waals surface area contributed by atoms with E-state index in [0.717, 1.165) is 66.4 Å². The second kappa shape index (κ2) is 16.1. The molecule has 0 fully saturated rings. The van der Waals surface area contributed by atoms with Crippen LogP contribution in [0.5, 0.6) is 0 Å². The van der Waals surface area contributed by atoms with Gasteiger partial charge in [-0.2, -0.15) is 0 Å². The number of nitrogens with one attached hydrogen (secondary N) is 2. The maximum absolute atomic E-state index is 8.29.